The zero-order chi connectivity index (χ0) is 13.4. The summed E-state index contributed by atoms with van der Waals surface area (Å²) in [6, 6.07) is 8.42. The van der Waals surface area contributed by atoms with Crippen molar-refractivity contribution in [1.29, 1.82) is 0 Å². The molecule has 0 atom stereocenters. The summed E-state index contributed by atoms with van der Waals surface area (Å²) in [5, 5.41) is 3.40. The van der Waals surface area contributed by atoms with E-state index in [2.05, 4.69) is 38.2 Å². The summed E-state index contributed by atoms with van der Waals surface area (Å²) in [5.41, 5.74) is 1.80. The molecule has 0 saturated heterocycles. The number of rotatable bonds is 8. The molecule has 0 unspecified atom stereocenters. The maximum absolute atomic E-state index is 5.17. The zero-order valence-corrected chi connectivity index (χ0v) is 12.3. The van der Waals surface area contributed by atoms with Crippen LogP contribution in [-0.4, -0.2) is 20.2 Å². The van der Waals surface area contributed by atoms with E-state index in [1.54, 1.807) is 7.11 Å². The number of aryl methyl sites for hydroxylation is 1. The van der Waals surface area contributed by atoms with Gasteiger partial charge in [0.25, 0.3) is 0 Å². The molecule has 18 heavy (non-hydrogen) atoms. The second-order valence-electron chi connectivity index (χ2n) is 5.62. The predicted octanol–water partition coefficient (Wildman–Crippen LogP) is 3.65. The van der Waals surface area contributed by atoms with Crippen molar-refractivity contribution in [2.24, 2.45) is 5.41 Å². The summed E-state index contributed by atoms with van der Waals surface area (Å²) in [4.78, 5) is 0. The zero-order valence-electron chi connectivity index (χ0n) is 12.3. The second kappa shape index (κ2) is 7.42. The van der Waals surface area contributed by atoms with Crippen molar-refractivity contribution in [3.63, 3.8) is 0 Å². The van der Waals surface area contributed by atoms with Crippen LogP contribution >= 0.6 is 0 Å². The minimum Gasteiger partial charge on any atom is -0.497 e. The van der Waals surface area contributed by atoms with Gasteiger partial charge in [-0.3, -0.25) is 0 Å². The van der Waals surface area contributed by atoms with Crippen LogP contribution in [0.15, 0.2) is 24.3 Å². The monoisotopic (exact) mass is 249 g/mol. The third-order valence-electron chi connectivity index (χ3n) is 3.48. The minimum atomic E-state index is 0.405. The second-order valence-corrected chi connectivity index (χ2v) is 5.62. The van der Waals surface area contributed by atoms with E-state index in [0.717, 1.165) is 25.3 Å². The average Bonchev–Trinajstić information content (AvgIpc) is 2.37. The van der Waals surface area contributed by atoms with Gasteiger partial charge < -0.3 is 10.1 Å². The van der Waals surface area contributed by atoms with Crippen LogP contribution in [0.4, 0.5) is 0 Å². The Kier molecular flexibility index (Phi) is 6.20. The molecule has 0 aliphatic carbocycles. The maximum Gasteiger partial charge on any atom is 0.118 e. The molecule has 0 aliphatic rings. The first kappa shape index (κ1) is 15.0. The van der Waals surface area contributed by atoms with Crippen LogP contribution in [0, 0.1) is 5.41 Å². The van der Waals surface area contributed by atoms with Crippen molar-refractivity contribution in [3.05, 3.63) is 29.8 Å². The Balaban J connectivity index is 2.37. The maximum atomic E-state index is 5.17. The Morgan fingerprint density at radius 1 is 1.11 bits per heavy atom. The average molecular weight is 249 g/mol. The molecule has 1 aromatic rings. The fraction of sp³-hybridized carbons (Fsp3) is 0.625. The lowest BCUT2D eigenvalue weighted by molar-refractivity contribution is 0.303. The fourth-order valence-corrected chi connectivity index (χ4v) is 2.00. The molecule has 0 amide bonds. The van der Waals surface area contributed by atoms with Gasteiger partial charge in [0.1, 0.15) is 5.75 Å². The van der Waals surface area contributed by atoms with Crippen LogP contribution in [0.25, 0.3) is 0 Å². The quantitative estimate of drug-likeness (QED) is 0.710. The Morgan fingerprint density at radius 2 is 1.78 bits per heavy atom. The van der Waals surface area contributed by atoms with E-state index in [0.29, 0.717) is 5.41 Å². The molecule has 0 fully saturated rings. The molecule has 0 aliphatic heterocycles. The van der Waals surface area contributed by atoms with Gasteiger partial charge in [0.05, 0.1) is 7.11 Å². The largest absolute Gasteiger partial charge is 0.497 e. The number of benzene rings is 1. The highest BCUT2D eigenvalue weighted by Crippen LogP contribution is 2.26. The molecule has 0 spiro atoms. The van der Waals surface area contributed by atoms with E-state index in [1.165, 1.54) is 18.4 Å². The predicted molar refractivity (Wildman–Crippen MR) is 78.3 cm³/mol. The minimum absolute atomic E-state index is 0.405. The fourth-order valence-electron chi connectivity index (χ4n) is 2.00. The summed E-state index contributed by atoms with van der Waals surface area (Å²) in [6.07, 6.45) is 3.60. The normalized spacial score (nSPS) is 11.6. The number of nitrogens with one attached hydrogen (secondary N) is 1. The van der Waals surface area contributed by atoms with Crippen LogP contribution in [0.5, 0.6) is 5.75 Å². The lowest BCUT2D eigenvalue weighted by Gasteiger charge is -2.24. The van der Waals surface area contributed by atoms with E-state index in [9.17, 15) is 0 Å². The van der Waals surface area contributed by atoms with E-state index < -0.39 is 0 Å². The third-order valence-corrected chi connectivity index (χ3v) is 3.48. The first-order valence-electron chi connectivity index (χ1n) is 6.91. The number of ether oxygens (including phenoxy) is 1. The third kappa shape index (κ3) is 5.54. The summed E-state index contributed by atoms with van der Waals surface area (Å²) in [7, 11) is 1.71. The molecule has 0 saturated carbocycles. The number of hydrogen-bond donors (Lipinski definition) is 1. The Labute approximate surface area is 112 Å². The highest BCUT2D eigenvalue weighted by molar-refractivity contribution is 5.27. The summed E-state index contributed by atoms with van der Waals surface area (Å²) < 4.78 is 5.17. The van der Waals surface area contributed by atoms with Gasteiger partial charge in [-0.25, -0.2) is 0 Å². The van der Waals surface area contributed by atoms with E-state index in [4.69, 9.17) is 4.74 Å². The van der Waals surface area contributed by atoms with Gasteiger partial charge in [-0.15, -0.1) is 0 Å². The molecule has 1 rings (SSSR count). The van der Waals surface area contributed by atoms with Crippen LogP contribution in [0.1, 0.15) is 39.2 Å². The summed E-state index contributed by atoms with van der Waals surface area (Å²) in [6.45, 7) is 9.05. The topological polar surface area (TPSA) is 21.3 Å². The highest BCUT2D eigenvalue weighted by Gasteiger charge is 2.16. The van der Waals surface area contributed by atoms with Crippen LogP contribution in [0.2, 0.25) is 0 Å². The Hall–Kier alpha value is -1.02. The van der Waals surface area contributed by atoms with E-state index in [-0.39, 0.29) is 0 Å². The first-order valence-corrected chi connectivity index (χ1v) is 6.91. The number of hydrogen-bond acceptors (Lipinski definition) is 2. The van der Waals surface area contributed by atoms with Crippen molar-refractivity contribution >= 4 is 0 Å². The molecule has 1 aromatic carbocycles. The molecule has 2 heteroatoms. The molecule has 1 N–H and O–H groups in total. The van der Waals surface area contributed by atoms with Gasteiger partial charge in [0, 0.05) is 0 Å². The molecule has 0 heterocycles. The molecule has 2 nitrogen and oxygen atoms in total. The van der Waals surface area contributed by atoms with Gasteiger partial charge in [0.15, 0.2) is 0 Å². The van der Waals surface area contributed by atoms with Crippen LogP contribution < -0.4 is 10.1 Å². The van der Waals surface area contributed by atoms with Crippen molar-refractivity contribution in [1.82, 2.24) is 5.32 Å². The number of methoxy groups -OCH3 is 1. The van der Waals surface area contributed by atoms with Crippen molar-refractivity contribution < 1.29 is 4.74 Å². The van der Waals surface area contributed by atoms with Gasteiger partial charge in [0.2, 0.25) is 0 Å². The smallest absolute Gasteiger partial charge is 0.118 e. The SMILES string of the molecule is CCNCCC(C)(C)CCc1ccc(OC)cc1. The van der Waals surface area contributed by atoms with Gasteiger partial charge in [-0.05, 0) is 55.5 Å². The van der Waals surface area contributed by atoms with Crippen molar-refractivity contribution in [2.45, 2.75) is 40.0 Å². The van der Waals surface area contributed by atoms with Crippen LogP contribution in [-0.2, 0) is 6.42 Å². The lowest BCUT2D eigenvalue weighted by Crippen LogP contribution is -2.22. The molecule has 0 aromatic heterocycles. The molecule has 0 radical (unpaired) electrons. The highest BCUT2D eigenvalue weighted by atomic mass is 16.5. The molecular weight excluding hydrogens is 222 g/mol. The lowest BCUT2D eigenvalue weighted by atomic mass is 9.83. The van der Waals surface area contributed by atoms with Crippen molar-refractivity contribution in [2.75, 3.05) is 20.2 Å². The molecular formula is C16H27NO. The standard InChI is InChI=1S/C16H27NO/c1-5-17-13-12-16(2,3)11-10-14-6-8-15(18-4)9-7-14/h6-9,17H,5,10-13H2,1-4H3. The van der Waals surface area contributed by atoms with Gasteiger partial charge in [-0.2, -0.15) is 0 Å². The Bertz CT molecular complexity index is 329. The van der Waals surface area contributed by atoms with E-state index >= 15 is 0 Å². The van der Waals surface area contributed by atoms with Gasteiger partial charge in [-0.1, -0.05) is 32.9 Å². The molecule has 102 valence electrons. The summed E-state index contributed by atoms with van der Waals surface area (Å²) in [5.74, 6) is 0.935. The summed E-state index contributed by atoms with van der Waals surface area (Å²) >= 11 is 0. The molecule has 0 bridgehead atoms. The van der Waals surface area contributed by atoms with E-state index in [1.807, 2.05) is 12.1 Å². The van der Waals surface area contributed by atoms with Crippen molar-refractivity contribution in [3.8, 4) is 5.75 Å². The first-order chi connectivity index (χ1) is 8.57. The van der Waals surface area contributed by atoms with Gasteiger partial charge >= 0.3 is 0 Å². The van der Waals surface area contributed by atoms with Crippen LogP contribution in [0.3, 0.4) is 0 Å². The Morgan fingerprint density at radius 3 is 2.33 bits per heavy atom.